The molecule has 2 fully saturated rings. The minimum absolute atomic E-state index is 0.0235. The smallest absolute Gasteiger partial charge is 0.317 e. The van der Waals surface area contributed by atoms with Crippen molar-refractivity contribution in [3.05, 3.63) is 23.9 Å². The highest BCUT2D eigenvalue weighted by molar-refractivity contribution is 7.99. The molecule has 22 heavy (non-hydrogen) atoms. The van der Waals surface area contributed by atoms with Crippen LogP contribution >= 0.6 is 11.8 Å². The molecule has 1 aliphatic carbocycles. The SMILES string of the molecule is O=C(NCc1ccnc(OC2CCCC2)c1)N1CCSCC1. The van der Waals surface area contributed by atoms with Gasteiger partial charge in [-0.05, 0) is 37.3 Å². The van der Waals surface area contributed by atoms with E-state index in [2.05, 4.69) is 10.3 Å². The summed E-state index contributed by atoms with van der Waals surface area (Å²) in [6.45, 7) is 2.19. The Hall–Kier alpha value is -1.43. The molecule has 0 spiro atoms. The Balaban J connectivity index is 1.50. The summed E-state index contributed by atoms with van der Waals surface area (Å²) < 4.78 is 5.90. The minimum atomic E-state index is 0.0235. The van der Waals surface area contributed by atoms with Gasteiger partial charge in [-0.15, -0.1) is 0 Å². The van der Waals surface area contributed by atoms with Crippen LogP contribution in [-0.4, -0.2) is 46.6 Å². The number of hydrogen-bond donors (Lipinski definition) is 1. The number of aromatic nitrogens is 1. The van der Waals surface area contributed by atoms with Gasteiger partial charge in [0.15, 0.2) is 0 Å². The van der Waals surface area contributed by atoms with E-state index < -0.39 is 0 Å². The average Bonchev–Trinajstić information content (AvgIpc) is 3.07. The van der Waals surface area contributed by atoms with Crippen LogP contribution in [0.3, 0.4) is 0 Å². The molecule has 0 bridgehead atoms. The van der Waals surface area contributed by atoms with Gasteiger partial charge >= 0.3 is 6.03 Å². The van der Waals surface area contributed by atoms with Crippen LogP contribution in [0.1, 0.15) is 31.2 Å². The van der Waals surface area contributed by atoms with E-state index in [1.807, 2.05) is 28.8 Å². The fourth-order valence-electron chi connectivity index (χ4n) is 2.86. The standard InChI is InChI=1S/C16H23N3O2S/c20-16(19-7-9-22-10-8-19)18-12-13-5-6-17-15(11-13)21-14-3-1-2-4-14/h5-6,11,14H,1-4,7-10,12H2,(H,18,20). The zero-order valence-corrected chi connectivity index (χ0v) is 13.6. The van der Waals surface area contributed by atoms with E-state index in [-0.39, 0.29) is 6.03 Å². The van der Waals surface area contributed by atoms with Gasteiger partial charge in [-0.3, -0.25) is 0 Å². The third-order valence-corrected chi connectivity index (χ3v) is 5.07. The predicted molar refractivity (Wildman–Crippen MR) is 88.3 cm³/mol. The molecule has 1 N–H and O–H groups in total. The van der Waals surface area contributed by atoms with Crippen molar-refractivity contribution >= 4 is 17.8 Å². The number of urea groups is 1. The van der Waals surface area contributed by atoms with Crippen molar-refractivity contribution < 1.29 is 9.53 Å². The van der Waals surface area contributed by atoms with Crippen molar-refractivity contribution in [2.75, 3.05) is 24.6 Å². The average molecular weight is 321 g/mol. The number of nitrogens with zero attached hydrogens (tertiary/aromatic N) is 2. The van der Waals surface area contributed by atoms with Crippen LogP contribution in [-0.2, 0) is 6.54 Å². The summed E-state index contributed by atoms with van der Waals surface area (Å²) in [5.74, 6) is 2.73. The first-order valence-electron chi connectivity index (χ1n) is 8.03. The first-order valence-corrected chi connectivity index (χ1v) is 9.19. The Labute approximate surface area is 135 Å². The summed E-state index contributed by atoms with van der Waals surface area (Å²) in [4.78, 5) is 18.2. The summed E-state index contributed by atoms with van der Waals surface area (Å²) >= 11 is 1.90. The first kappa shape index (κ1) is 15.5. The Morgan fingerprint density at radius 3 is 2.91 bits per heavy atom. The number of hydrogen-bond acceptors (Lipinski definition) is 4. The van der Waals surface area contributed by atoms with Gasteiger partial charge in [0.1, 0.15) is 6.10 Å². The van der Waals surface area contributed by atoms with Gasteiger partial charge in [-0.25, -0.2) is 9.78 Å². The van der Waals surface area contributed by atoms with E-state index in [1.165, 1.54) is 12.8 Å². The fourth-order valence-corrected chi connectivity index (χ4v) is 3.76. The number of nitrogens with one attached hydrogen (secondary N) is 1. The molecule has 1 aromatic heterocycles. The summed E-state index contributed by atoms with van der Waals surface area (Å²) in [5, 5.41) is 2.98. The molecule has 2 heterocycles. The molecule has 120 valence electrons. The summed E-state index contributed by atoms with van der Waals surface area (Å²) in [6.07, 6.45) is 6.79. The molecule has 0 aromatic carbocycles. The lowest BCUT2D eigenvalue weighted by Crippen LogP contribution is -2.44. The Morgan fingerprint density at radius 1 is 1.36 bits per heavy atom. The van der Waals surface area contributed by atoms with Gasteiger partial charge in [0.2, 0.25) is 5.88 Å². The van der Waals surface area contributed by atoms with Crippen LogP contribution in [0.4, 0.5) is 4.79 Å². The number of amides is 2. The Kier molecular flexibility index (Phi) is 5.43. The number of pyridine rings is 1. The number of thioether (sulfide) groups is 1. The van der Waals surface area contributed by atoms with Crippen LogP contribution in [0, 0.1) is 0 Å². The molecular weight excluding hydrogens is 298 g/mol. The normalized spacial score (nSPS) is 19.2. The monoisotopic (exact) mass is 321 g/mol. The van der Waals surface area contributed by atoms with E-state index >= 15 is 0 Å². The van der Waals surface area contributed by atoms with Crippen molar-refractivity contribution in [1.29, 1.82) is 0 Å². The maximum Gasteiger partial charge on any atom is 0.317 e. The molecule has 2 aliphatic rings. The highest BCUT2D eigenvalue weighted by atomic mass is 32.2. The summed E-state index contributed by atoms with van der Waals surface area (Å²) in [5.41, 5.74) is 1.03. The topological polar surface area (TPSA) is 54.5 Å². The second-order valence-corrected chi connectivity index (χ2v) is 7.01. The molecule has 1 saturated heterocycles. The van der Waals surface area contributed by atoms with Gasteiger partial charge in [0.05, 0.1) is 0 Å². The largest absolute Gasteiger partial charge is 0.474 e. The molecular formula is C16H23N3O2S. The maximum absolute atomic E-state index is 12.1. The molecule has 3 rings (SSSR count). The number of rotatable bonds is 4. The molecule has 0 radical (unpaired) electrons. The predicted octanol–water partition coefficient (Wildman–Crippen LogP) is 2.66. The molecule has 0 atom stereocenters. The lowest BCUT2D eigenvalue weighted by molar-refractivity contribution is 0.200. The number of ether oxygens (including phenoxy) is 1. The van der Waals surface area contributed by atoms with E-state index in [9.17, 15) is 4.79 Å². The van der Waals surface area contributed by atoms with E-state index in [1.54, 1.807) is 6.20 Å². The van der Waals surface area contributed by atoms with E-state index in [0.29, 0.717) is 18.5 Å². The second-order valence-electron chi connectivity index (χ2n) is 5.78. The maximum atomic E-state index is 12.1. The quantitative estimate of drug-likeness (QED) is 0.926. The van der Waals surface area contributed by atoms with Crippen LogP contribution in [0.25, 0.3) is 0 Å². The van der Waals surface area contributed by atoms with Crippen molar-refractivity contribution in [3.63, 3.8) is 0 Å². The number of carbonyl (C=O) groups is 1. The summed E-state index contributed by atoms with van der Waals surface area (Å²) in [7, 11) is 0. The van der Waals surface area contributed by atoms with Crippen molar-refractivity contribution in [1.82, 2.24) is 15.2 Å². The van der Waals surface area contributed by atoms with Crippen molar-refractivity contribution in [2.45, 2.75) is 38.3 Å². The van der Waals surface area contributed by atoms with Gasteiger partial charge < -0.3 is 15.0 Å². The van der Waals surface area contributed by atoms with Crippen LogP contribution in [0.5, 0.6) is 5.88 Å². The minimum Gasteiger partial charge on any atom is -0.474 e. The molecule has 0 unspecified atom stereocenters. The second kappa shape index (κ2) is 7.72. The Bertz CT molecular complexity index is 500. The third-order valence-electron chi connectivity index (χ3n) is 4.13. The van der Waals surface area contributed by atoms with Gasteiger partial charge in [-0.1, -0.05) is 0 Å². The van der Waals surface area contributed by atoms with Crippen LogP contribution < -0.4 is 10.1 Å². The first-order chi connectivity index (χ1) is 10.8. The lowest BCUT2D eigenvalue weighted by Gasteiger charge is -2.26. The van der Waals surface area contributed by atoms with Crippen LogP contribution in [0.15, 0.2) is 18.3 Å². The zero-order valence-electron chi connectivity index (χ0n) is 12.8. The Morgan fingerprint density at radius 2 is 2.14 bits per heavy atom. The molecule has 1 aliphatic heterocycles. The van der Waals surface area contributed by atoms with E-state index in [4.69, 9.17) is 4.74 Å². The summed E-state index contributed by atoms with van der Waals surface area (Å²) in [6, 6.07) is 3.88. The molecule has 1 aromatic rings. The van der Waals surface area contributed by atoms with Gasteiger partial charge in [0.25, 0.3) is 0 Å². The highest BCUT2D eigenvalue weighted by Crippen LogP contribution is 2.23. The molecule has 1 saturated carbocycles. The van der Waals surface area contributed by atoms with Gasteiger partial charge in [0, 0.05) is 43.4 Å². The lowest BCUT2D eigenvalue weighted by atomic mass is 10.2. The zero-order chi connectivity index (χ0) is 15.2. The highest BCUT2D eigenvalue weighted by Gasteiger charge is 2.18. The fraction of sp³-hybridized carbons (Fsp3) is 0.625. The number of carbonyl (C=O) groups excluding carboxylic acids is 1. The van der Waals surface area contributed by atoms with Gasteiger partial charge in [-0.2, -0.15) is 11.8 Å². The molecule has 6 heteroatoms. The van der Waals surface area contributed by atoms with Crippen molar-refractivity contribution in [3.8, 4) is 5.88 Å². The molecule has 5 nitrogen and oxygen atoms in total. The van der Waals surface area contributed by atoms with Crippen LogP contribution in [0.2, 0.25) is 0 Å². The van der Waals surface area contributed by atoms with Crippen molar-refractivity contribution in [2.24, 2.45) is 0 Å². The molecule has 2 amide bonds. The van der Waals surface area contributed by atoms with E-state index in [0.717, 1.165) is 43.0 Å². The third kappa shape index (κ3) is 4.29.